The molecule has 4 rings (SSSR count). The van der Waals surface area contributed by atoms with Gasteiger partial charge in [-0.3, -0.25) is 15.0 Å². The molecule has 0 aliphatic carbocycles. The predicted molar refractivity (Wildman–Crippen MR) is 82.5 cm³/mol. The molecule has 2 atom stereocenters. The van der Waals surface area contributed by atoms with Crippen LogP contribution in [-0.4, -0.2) is 52.1 Å². The van der Waals surface area contributed by atoms with E-state index < -0.39 is 18.2 Å². The van der Waals surface area contributed by atoms with Crippen molar-refractivity contribution in [2.24, 2.45) is 4.99 Å². The Bertz CT molecular complexity index is 787. The maximum Gasteiger partial charge on any atom is 0.325 e. The number of carbonyl (C=O) groups is 2. The molecule has 0 saturated carbocycles. The summed E-state index contributed by atoms with van der Waals surface area (Å²) in [6.07, 6.45) is 1.27. The largest absolute Gasteiger partial charge is 0.508 e. The third kappa shape index (κ3) is 1.81. The van der Waals surface area contributed by atoms with Crippen LogP contribution < -0.4 is 10.2 Å². The molecule has 3 aliphatic heterocycles. The highest BCUT2D eigenvalue weighted by Crippen LogP contribution is 2.35. The van der Waals surface area contributed by atoms with Gasteiger partial charge in [0.05, 0.1) is 5.69 Å². The van der Waals surface area contributed by atoms with Crippen molar-refractivity contribution in [1.82, 2.24) is 15.1 Å². The van der Waals surface area contributed by atoms with Gasteiger partial charge in [-0.05, 0) is 19.1 Å². The molecule has 2 N–H and O–H groups in total. The highest BCUT2D eigenvalue weighted by molar-refractivity contribution is 6.09. The number of phenols is 1. The summed E-state index contributed by atoms with van der Waals surface area (Å²) in [5, 5.41) is 12.0. The van der Waals surface area contributed by atoms with E-state index in [1.807, 2.05) is 24.1 Å². The number of urea groups is 1. The molecular weight excluding hydrogens is 298 g/mol. The van der Waals surface area contributed by atoms with Crippen molar-refractivity contribution in [3.05, 3.63) is 36.2 Å². The predicted octanol–water partition coefficient (Wildman–Crippen LogP) is 0.621. The number of hydrogen-bond acceptors (Lipinski definition) is 6. The Morgan fingerprint density at radius 3 is 2.83 bits per heavy atom. The number of rotatable bonds is 1. The normalized spacial score (nSPS) is 25.9. The standard InChI is InChI=1S/C15H15N5O3/c1-8-7-19-11-12(18(2)15(23)17-13(11)22)16-14(19)20(8)9-4-3-5-10(21)6-9/h3-7,11-12,21H,1-2H3,(H,17,22,23). The van der Waals surface area contributed by atoms with E-state index in [9.17, 15) is 14.7 Å². The van der Waals surface area contributed by atoms with Crippen LogP contribution in [0.3, 0.4) is 0 Å². The smallest absolute Gasteiger partial charge is 0.325 e. The average molecular weight is 313 g/mol. The first-order valence-electron chi connectivity index (χ1n) is 7.19. The molecule has 1 aromatic carbocycles. The van der Waals surface area contributed by atoms with Crippen molar-refractivity contribution < 1.29 is 14.7 Å². The van der Waals surface area contributed by atoms with Crippen LogP contribution >= 0.6 is 0 Å². The number of imide groups is 1. The number of aliphatic imine (C=N–C) groups is 1. The van der Waals surface area contributed by atoms with Gasteiger partial charge < -0.3 is 14.9 Å². The van der Waals surface area contributed by atoms with Crippen LogP contribution in [0.2, 0.25) is 0 Å². The summed E-state index contributed by atoms with van der Waals surface area (Å²) in [5.41, 5.74) is 1.62. The lowest BCUT2D eigenvalue weighted by atomic mass is 10.1. The minimum absolute atomic E-state index is 0.148. The van der Waals surface area contributed by atoms with Gasteiger partial charge in [0.15, 0.2) is 12.2 Å². The van der Waals surface area contributed by atoms with Gasteiger partial charge in [0.1, 0.15) is 5.75 Å². The molecule has 3 amide bonds. The molecule has 1 saturated heterocycles. The summed E-state index contributed by atoms with van der Waals surface area (Å²) < 4.78 is 0. The zero-order valence-corrected chi connectivity index (χ0v) is 12.6. The van der Waals surface area contributed by atoms with Crippen LogP contribution in [0.1, 0.15) is 6.92 Å². The summed E-state index contributed by atoms with van der Waals surface area (Å²) in [4.78, 5) is 33.6. The topological polar surface area (TPSA) is 88.5 Å². The number of benzene rings is 1. The molecular formula is C15H15N5O3. The van der Waals surface area contributed by atoms with E-state index in [2.05, 4.69) is 10.3 Å². The summed E-state index contributed by atoms with van der Waals surface area (Å²) in [6.45, 7) is 1.90. The molecule has 0 aromatic heterocycles. The number of nitrogens with one attached hydrogen (secondary N) is 1. The minimum atomic E-state index is -0.579. The van der Waals surface area contributed by atoms with Crippen LogP contribution in [0, 0.1) is 0 Å². The van der Waals surface area contributed by atoms with Gasteiger partial charge in [0.25, 0.3) is 5.91 Å². The Balaban J connectivity index is 1.77. The SMILES string of the molecule is CC1=CN2C(=NC3C2C(=O)NC(=O)N3C)N1c1cccc(O)c1. The first-order chi connectivity index (χ1) is 11.0. The van der Waals surface area contributed by atoms with E-state index >= 15 is 0 Å². The van der Waals surface area contributed by atoms with Crippen molar-refractivity contribution in [3.63, 3.8) is 0 Å². The average Bonchev–Trinajstić information content (AvgIpc) is 2.99. The Morgan fingerprint density at radius 1 is 1.30 bits per heavy atom. The van der Waals surface area contributed by atoms with Gasteiger partial charge >= 0.3 is 6.03 Å². The number of anilines is 1. The Morgan fingerprint density at radius 2 is 2.09 bits per heavy atom. The van der Waals surface area contributed by atoms with Gasteiger partial charge in [-0.2, -0.15) is 0 Å². The Kier molecular flexibility index (Phi) is 2.65. The molecule has 1 aromatic rings. The third-order valence-electron chi connectivity index (χ3n) is 4.24. The number of phenolic OH excluding ortho intramolecular Hbond substituents is 1. The second-order valence-corrected chi connectivity index (χ2v) is 5.73. The summed E-state index contributed by atoms with van der Waals surface area (Å²) in [6, 6.07) is 5.77. The minimum Gasteiger partial charge on any atom is -0.508 e. The van der Waals surface area contributed by atoms with Gasteiger partial charge in [-0.1, -0.05) is 6.07 Å². The fourth-order valence-electron chi connectivity index (χ4n) is 3.15. The molecule has 0 radical (unpaired) electrons. The number of nitrogens with zero attached hydrogens (tertiary/aromatic N) is 4. The maximum atomic E-state index is 12.2. The third-order valence-corrected chi connectivity index (χ3v) is 4.24. The zero-order valence-electron chi connectivity index (χ0n) is 12.6. The van der Waals surface area contributed by atoms with Crippen molar-refractivity contribution in [3.8, 4) is 5.75 Å². The molecule has 118 valence electrons. The van der Waals surface area contributed by atoms with Crippen molar-refractivity contribution in [2.45, 2.75) is 19.1 Å². The quantitative estimate of drug-likeness (QED) is 0.793. The molecule has 1 fully saturated rings. The van der Waals surface area contributed by atoms with E-state index in [1.165, 1.54) is 4.90 Å². The van der Waals surface area contributed by atoms with Crippen molar-refractivity contribution in [2.75, 3.05) is 11.9 Å². The number of guanidine groups is 1. The first kappa shape index (κ1) is 13.6. The van der Waals surface area contributed by atoms with E-state index in [0.717, 1.165) is 11.4 Å². The number of carbonyl (C=O) groups excluding carboxylic acids is 2. The van der Waals surface area contributed by atoms with Gasteiger partial charge in [0.2, 0.25) is 5.96 Å². The highest BCUT2D eigenvalue weighted by atomic mass is 16.3. The first-order valence-corrected chi connectivity index (χ1v) is 7.19. The van der Waals surface area contributed by atoms with Crippen molar-refractivity contribution >= 4 is 23.6 Å². The lowest BCUT2D eigenvalue weighted by Crippen LogP contribution is -2.62. The van der Waals surface area contributed by atoms with Crippen LogP contribution in [0.15, 0.2) is 41.2 Å². The number of fused-ring (bicyclic) bond motifs is 3. The lowest BCUT2D eigenvalue weighted by molar-refractivity contribution is -0.126. The maximum absolute atomic E-state index is 12.2. The fraction of sp³-hybridized carbons (Fsp3) is 0.267. The Labute approximate surface area is 132 Å². The summed E-state index contributed by atoms with van der Waals surface area (Å²) in [5.74, 6) is 0.355. The number of allylic oxidation sites excluding steroid dienone is 1. The lowest BCUT2D eigenvalue weighted by Gasteiger charge is -2.34. The summed E-state index contributed by atoms with van der Waals surface area (Å²) >= 11 is 0. The number of aromatic hydroxyl groups is 1. The second-order valence-electron chi connectivity index (χ2n) is 5.73. The fourth-order valence-corrected chi connectivity index (χ4v) is 3.15. The molecule has 23 heavy (non-hydrogen) atoms. The zero-order chi connectivity index (χ0) is 16.3. The number of likely N-dealkylation sites (N-methyl/N-ethyl adjacent to an activating group) is 1. The van der Waals surface area contributed by atoms with Gasteiger partial charge in [-0.25, -0.2) is 9.79 Å². The molecule has 8 nitrogen and oxygen atoms in total. The molecule has 2 unspecified atom stereocenters. The highest BCUT2D eigenvalue weighted by Gasteiger charge is 2.51. The molecule has 8 heteroatoms. The second kappa shape index (κ2) is 4.48. The van der Waals surface area contributed by atoms with Crippen LogP contribution in [0.4, 0.5) is 10.5 Å². The number of amides is 3. The van der Waals surface area contributed by atoms with E-state index in [1.54, 1.807) is 30.1 Å². The van der Waals surface area contributed by atoms with Crippen LogP contribution in [-0.2, 0) is 4.79 Å². The molecule has 3 heterocycles. The van der Waals surface area contributed by atoms with Crippen LogP contribution in [0.25, 0.3) is 0 Å². The summed E-state index contributed by atoms with van der Waals surface area (Å²) in [7, 11) is 1.61. The molecule has 3 aliphatic rings. The molecule has 0 spiro atoms. The van der Waals surface area contributed by atoms with E-state index in [4.69, 9.17) is 0 Å². The molecule has 0 bridgehead atoms. The van der Waals surface area contributed by atoms with Gasteiger partial charge in [-0.15, -0.1) is 0 Å². The Hall–Kier alpha value is -3.03. The van der Waals surface area contributed by atoms with E-state index in [0.29, 0.717) is 5.96 Å². The van der Waals surface area contributed by atoms with Crippen LogP contribution in [0.5, 0.6) is 5.75 Å². The number of hydrogen-bond donors (Lipinski definition) is 2. The van der Waals surface area contributed by atoms with Gasteiger partial charge in [0, 0.05) is 25.0 Å². The van der Waals surface area contributed by atoms with E-state index in [-0.39, 0.29) is 11.7 Å². The van der Waals surface area contributed by atoms with Crippen molar-refractivity contribution in [1.29, 1.82) is 0 Å². The monoisotopic (exact) mass is 313 g/mol.